The first kappa shape index (κ1) is 18.8. The molecule has 0 spiro atoms. The van der Waals surface area contributed by atoms with Crippen LogP contribution in [-0.4, -0.2) is 17.9 Å². The predicted molar refractivity (Wildman–Crippen MR) is 98.7 cm³/mol. The molecule has 2 aromatic rings. The first-order valence-electron chi connectivity index (χ1n) is 7.45. The van der Waals surface area contributed by atoms with Crippen LogP contribution in [0.1, 0.15) is 29.1 Å². The lowest BCUT2D eigenvalue weighted by Gasteiger charge is -2.22. The molecule has 0 radical (unpaired) electrons. The van der Waals surface area contributed by atoms with E-state index < -0.39 is 6.04 Å². The summed E-state index contributed by atoms with van der Waals surface area (Å²) in [6, 6.07) is 9.74. The molecule has 1 heterocycles. The van der Waals surface area contributed by atoms with Crippen LogP contribution < -0.4 is 10.6 Å². The highest BCUT2D eigenvalue weighted by Gasteiger charge is 2.25. The highest BCUT2D eigenvalue weighted by molar-refractivity contribution is 7.16. The lowest BCUT2D eigenvalue weighted by atomic mass is 10.0. The van der Waals surface area contributed by atoms with Crippen LogP contribution in [0, 0.1) is 5.92 Å². The Hall–Kier alpha value is -1.56. The Bertz CT molecular complexity index is 731. The minimum atomic E-state index is -0.649. The molecule has 128 valence electrons. The minimum absolute atomic E-state index is 0.0663. The number of hydrogen-bond acceptors (Lipinski definition) is 3. The summed E-state index contributed by atoms with van der Waals surface area (Å²) in [7, 11) is 0. The molecule has 1 unspecified atom stereocenters. The largest absolute Gasteiger partial charge is 0.349 e. The van der Waals surface area contributed by atoms with Crippen molar-refractivity contribution in [3.8, 4) is 0 Å². The summed E-state index contributed by atoms with van der Waals surface area (Å²) in [5, 5.41) is 5.94. The summed E-state index contributed by atoms with van der Waals surface area (Å²) < 4.78 is 0.673. The van der Waals surface area contributed by atoms with Gasteiger partial charge in [-0.2, -0.15) is 0 Å². The number of nitrogens with one attached hydrogen (secondary N) is 2. The predicted octanol–water partition coefficient (Wildman–Crippen LogP) is 4.13. The molecule has 1 atom stereocenters. The van der Waals surface area contributed by atoms with Gasteiger partial charge in [0.05, 0.1) is 21.5 Å². The van der Waals surface area contributed by atoms with E-state index in [1.54, 1.807) is 30.3 Å². The molecule has 2 rings (SSSR count). The molecule has 0 saturated heterocycles. The van der Waals surface area contributed by atoms with E-state index in [9.17, 15) is 9.59 Å². The molecular formula is C17H18Cl2N2O2S. The van der Waals surface area contributed by atoms with Crippen molar-refractivity contribution in [3.05, 3.63) is 56.2 Å². The van der Waals surface area contributed by atoms with E-state index in [-0.39, 0.29) is 17.7 Å². The summed E-state index contributed by atoms with van der Waals surface area (Å²) in [4.78, 5) is 25.8. The molecule has 1 aromatic carbocycles. The molecule has 0 fully saturated rings. The second-order valence-electron chi connectivity index (χ2n) is 5.60. The lowest BCUT2D eigenvalue weighted by Crippen LogP contribution is -2.49. The van der Waals surface area contributed by atoms with Crippen molar-refractivity contribution >= 4 is 46.4 Å². The number of hydrogen-bond donors (Lipinski definition) is 2. The Labute approximate surface area is 155 Å². The van der Waals surface area contributed by atoms with E-state index >= 15 is 0 Å². The zero-order valence-electron chi connectivity index (χ0n) is 13.3. The lowest BCUT2D eigenvalue weighted by molar-refractivity contribution is -0.124. The third-order valence-electron chi connectivity index (χ3n) is 3.42. The van der Waals surface area contributed by atoms with Crippen molar-refractivity contribution in [2.75, 3.05) is 0 Å². The molecule has 0 aliphatic rings. The maximum Gasteiger partial charge on any atom is 0.253 e. The Morgan fingerprint density at radius 2 is 1.83 bits per heavy atom. The Morgan fingerprint density at radius 1 is 1.12 bits per heavy atom. The van der Waals surface area contributed by atoms with E-state index in [0.717, 1.165) is 4.88 Å². The highest BCUT2D eigenvalue weighted by atomic mass is 35.5. The maximum absolute atomic E-state index is 12.4. The number of rotatable bonds is 6. The minimum Gasteiger partial charge on any atom is -0.349 e. The van der Waals surface area contributed by atoms with Crippen LogP contribution in [-0.2, 0) is 11.3 Å². The van der Waals surface area contributed by atoms with Gasteiger partial charge in [-0.05, 0) is 30.2 Å². The van der Waals surface area contributed by atoms with E-state index in [0.29, 0.717) is 21.5 Å². The SMILES string of the molecule is CC(C)C(NC(=O)c1ccccc1Cl)C(=O)NCc1ccc(Cl)s1. The second kappa shape index (κ2) is 8.51. The van der Waals surface area contributed by atoms with E-state index in [1.807, 2.05) is 19.9 Å². The fourth-order valence-electron chi connectivity index (χ4n) is 2.13. The van der Waals surface area contributed by atoms with Crippen LogP contribution in [0.15, 0.2) is 36.4 Å². The highest BCUT2D eigenvalue weighted by Crippen LogP contribution is 2.21. The number of benzene rings is 1. The van der Waals surface area contributed by atoms with Crippen LogP contribution in [0.25, 0.3) is 0 Å². The molecule has 0 aliphatic heterocycles. The van der Waals surface area contributed by atoms with Gasteiger partial charge in [0.25, 0.3) is 5.91 Å². The summed E-state index contributed by atoms with van der Waals surface area (Å²) >= 11 is 13.3. The second-order valence-corrected chi connectivity index (χ2v) is 7.81. The van der Waals surface area contributed by atoms with Gasteiger partial charge >= 0.3 is 0 Å². The zero-order valence-corrected chi connectivity index (χ0v) is 15.6. The quantitative estimate of drug-likeness (QED) is 0.786. The number of carbonyl (C=O) groups excluding carboxylic acids is 2. The summed E-state index contributed by atoms with van der Waals surface area (Å²) in [5.74, 6) is -0.674. The summed E-state index contributed by atoms with van der Waals surface area (Å²) in [6.07, 6.45) is 0. The van der Waals surface area contributed by atoms with Gasteiger partial charge in [-0.3, -0.25) is 9.59 Å². The monoisotopic (exact) mass is 384 g/mol. The van der Waals surface area contributed by atoms with Gasteiger partial charge < -0.3 is 10.6 Å². The first-order chi connectivity index (χ1) is 11.4. The van der Waals surface area contributed by atoms with E-state index in [1.165, 1.54) is 11.3 Å². The van der Waals surface area contributed by atoms with Crippen molar-refractivity contribution in [2.45, 2.75) is 26.4 Å². The fourth-order valence-corrected chi connectivity index (χ4v) is 3.38. The van der Waals surface area contributed by atoms with Gasteiger partial charge in [-0.1, -0.05) is 49.2 Å². The summed E-state index contributed by atoms with van der Waals surface area (Å²) in [6.45, 7) is 4.12. The maximum atomic E-state index is 12.4. The van der Waals surface area contributed by atoms with Crippen molar-refractivity contribution in [1.82, 2.24) is 10.6 Å². The molecular weight excluding hydrogens is 367 g/mol. The molecule has 7 heteroatoms. The van der Waals surface area contributed by atoms with Gasteiger partial charge in [-0.25, -0.2) is 0 Å². The smallest absolute Gasteiger partial charge is 0.253 e. The molecule has 0 aliphatic carbocycles. The average Bonchev–Trinajstić information content (AvgIpc) is 2.95. The normalized spacial score (nSPS) is 12.0. The fraction of sp³-hybridized carbons (Fsp3) is 0.294. The topological polar surface area (TPSA) is 58.2 Å². The van der Waals surface area contributed by atoms with Crippen LogP contribution in [0.4, 0.5) is 0 Å². The van der Waals surface area contributed by atoms with Gasteiger partial charge in [0.15, 0.2) is 0 Å². The van der Waals surface area contributed by atoms with Gasteiger partial charge in [0, 0.05) is 4.88 Å². The molecule has 2 amide bonds. The van der Waals surface area contributed by atoms with Crippen molar-refractivity contribution in [3.63, 3.8) is 0 Å². The van der Waals surface area contributed by atoms with E-state index in [2.05, 4.69) is 10.6 Å². The molecule has 24 heavy (non-hydrogen) atoms. The molecule has 1 aromatic heterocycles. The average molecular weight is 385 g/mol. The van der Waals surface area contributed by atoms with Crippen LogP contribution in [0.3, 0.4) is 0 Å². The third-order valence-corrected chi connectivity index (χ3v) is 4.98. The van der Waals surface area contributed by atoms with E-state index in [4.69, 9.17) is 23.2 Å². The Kier molecular flexibility index (Phi) is 6.66. The molecule has 0 saturated carbocycles. The Balaban J connectivity index is 2.01. The van der Waals surface area contributed by atoms with Crippen molar-refractivity contribution < 1.29 is 9.59 Å². The Morgan fingerprint density at radius 3 is 2.42 bits per heavy atom. The molecule has 4 nitrogen and oxygen atoms in total. The zero-order chi connectivity index (χ0) is 17.7. The summed E-state index contributed by atoms with van der Waals surface area (Å²) in [5.41, 5.74) is 0.350. The van der Waals surface area contributed by atoms with Crippen molar-refractivity contribution in [2.24, 2.45) is 5.92 Å². The van der Waals surface area contributed by atoms with Crippen LogP contribution in [0.2, 0.25) is 9.36 Å². The standard InChI is InChI=1S/C17H18Cl2N2O2S/c1-10(2)15(17(23)20-9-11-7-8-14(19)24-11)21-16(22)12-5-3-4-6-13(12)18/h3-8,10,15H,9H2,1-2H3,(H,20,23)(H,21,22). The van der Waals surface area contributed by atoms with Crippen LogP contribution >= 0.6 is 34.5 Å². The number of thiophene rings is 1. The molecule has 2 N–H and O–H groups in total. The number of carbonyl (C=O) groups is 2. The van der Waals surface area contributed by atoms with Gasteiger partial charge in [0.2, 0.25) is 5.91 Å². The van der Waals surface area contributed by atoms with Gasteiger partial charge in [-0.15, -0.1) is 11.3 Å². The van der Waals surface area contributed by atoms with Gasteiger partial charge in [0.1, 0.15) is 6.04 Å². The molecule has 0 bridgehead atoms. The first-order valence-corrected chi connectivity index (χ1v) is 9.03. The number of amides is 2. The third kappa shape index (κ3) is 4.97. The number of halogens is 2. The van der Waals surface area contributed by atoms with Crippen LogP contribution in [0.5, 0.6) is 0 Å². The van der Waals surface area contributed by atoms with Crippen molar-refractivity contribution in [1.29, 1.82) is 0 Å².